The highest BCUT2D eigenvalue weighted by Crippen LogP contribution is 2.42. The molecule has 0 aliphatic carbocycles. The normalized spacial score (nSPS) is 21.7. The molecule has 0 saturated carbocycles. The Bertz CT molecular complexity index is 1030. The molecule has 4 heterocycles. The topological polar surface area (TPSA) is 56.1 Å². The first-order valence-electron chi connectivity index (χ1n) is 9.56. The van der Waals surface area contributed by atoms with Crippen LogP contribution in [0, 0.1) is 5.41 Å². The predicted octanol–water partition coefficient (Wildman–Crippen LogP) is 4.52. The smallest absolute Gasteiger partial charge is 0.181 e. The maximum Gasteiger partial charge on any atom is 0.181 e. The van der Waals surface area contributed by atoms with Crippen molar-refractivity contribution in [3.05, 3.63) is 40.6 Å². The average molecular weight is 418 g/mol. The third-order valence-corrected chi connectivity index (χ3v) is 6.77. The van der Waals surface area contributed by atoms with Gasteiger partial charge in [-0.05, 0) is 43.7 Å². The first-order chi connectivity index (χ1) is 13.5. The van der Waals surface area contributed by atoms with Gasteiger partial charge in [-0.3, -0.25) is 0 Å². The van der Waals surface area contributed by atoms with Gasteiger partial charge in [-0.25, -0.2) is 14.6 Å². The second-order valence-electron chi connectivity index (χ2n) is 7.88. The molecule has 2 fully saturated rings. The van der Waals surface area contributed by atoms with Gasteiger partial charge in [0, 0.05) is 13.1 Å². The summed E-state index contributed by atoms with van der Waals surface area (Å²) in [7, 11) is 0. The third kappa shape index (κ3) is 3.04. The van der Waals surface area contributed by atoms with Crippen LogP contribution >= 0.6 is 23.2 Å². The molecule has 0 radical (unpaired) electrons. The van der Waals surface area contributed by atoms with E-state index in [-0.39, 0.29) is 0 Å². The number of hydrogen-bond donors (Lipinski definition) is 0. The van der Waals surface area contributed by atoms with Gasteiger partial charge in [-0.15, -0.1) is 0 Å². The van der Waals surface area contributed by atoms with E-state index in [0.29, 0.717) is 32.9 Å². The molecule has 0 amide bonds. The van der Waals surface area contributed by atoms with Crippen molar-refractivity contribution in [3.8, 4) is 5.69 Å². The van der Waals surface area contributed by atoms with Gasteiger partial charge in [0.2, 0.25) is 0 Å². The van der Waals surface area contributed by atoms with Crippen LogP contribution in [-0.2, 0) is 4.74 Å². The number of nitrogens with zero attached hydrogens (tertiary/aromatic N) is 5. The van der Waals surface area contributed by atoms with E-state index < -0.39 is 0 Å². The highest BCUT2D eigenvalue weighted by Gasteiger charge is 2.41. The summed E-state index contributed by atoms with van der Waals surface area (Å²) in [5.74, 6) is 0.894. The van der Waals surface area contributed by atoms with Crippen LogP contribution < -0.4 is 4.90 Å². The molecule has 2 aliphatic rings. The first kappa shape index (κ1) is 18.2. The number of fused-ring (bicyclic) bond motifs is 1. The van der Waals surface area contributed by atoms with E-state index in [1.165, 1.54) is 6.42 Å². The van der Waals surface area contributed by atoms with Crippen molar-refractivity contribution in [2.45, 2.75) is 32.3 Å². The molecule has 2 saturated heterocycles. The highest BCUT2D eigenvalue weighted by atomic mass is 35.5. The monoisotopic (exact) mass is 417 g/mol. The van der Waals surface area contributed by atoms with Crippen molar-refractivity contribution in [3.63, 3.8) is 0 Å². The number of halogens is 2. The number of anilines is 1. The number of ether oxygens (including phenoxy) is 1. The van der Waals surface area contributed by atoms with Crippen LogP contribution in [-0.4, -0.2) is 45.5 Å². The van der Waals surface area contributed by atoms with Crippen molar-refractivity contribution in [2.75, 3.05) is 24.6 Å². The summed E-state index contributed by atoms with van der Waals surface area (Å²) in [6, 6.07) is 5.46. The summed E-state index contributed by atoms with van der Waals surface area (Å²) < 4.78 is 7.51. The van der Waals surface area contributed by atoms with Crippen LogP contribution in [0.2, 0.25) is 10.0 Å². The molecule has 5 rings (SSSR count). The van der Waals surface area contributed by atoms with Crippen LogP contribution in [0.5, 0.6) is 0 Å². The van der Waals surface area contributed by atoms with Gasteiger partial charge in [0.25, 0.3) is 0 Å². The Kier molecular flexibility index (Phi) is 4.45. The van der Waals surface area contributed by atoms with Crippen LogP contribution in [0.25, 0.3) is 16.9 Å². The number of benzene rings is 1. The Hall–Kier alpha value is -1.89. The molecule has 2 aromatic heterocycles. The molecule has 0 N–H and O–H groups in total. The molecule has 146 valence electrons. The second-order valence-corrected chi connectivity index (χ2v) is 8.66. The van der Waals surface area contributed by atoms with E-state index in [1.807, 2.05) is 18.3 Å². The summed E-state index contributed by atoms with van der Waals surface area (Å²) in [4.78, 5) is 11.7. The minimum atomic E-state index is 0.349. The lowest BCUT2D eigenvalue weighted by molar-refractivity contribution is 0.0976. The van der Waals surface area contributed by atoms with Crippen LogP contribution in [0.1, 0.15) is 26.2 Å². The van der Waals surface area contributed by atoms with E-state index in [4.69, 9.17) is 32.9 Å². The van der Waals surface area contributed by atoms with Gasteiger partial charge < -0.3 is 9.64 Å². The molecule has 1 spiro atoms. The lowest BCUT2D eigenvalue weighted by atomic mass is 9.77. The second kappa shape index (κ2) is 6.87. The predicted molar refractivity (Wildman–Crippen MR) is 111 cm³/mol. The van der Waals surface area contributed by atoms with Gasteiger partial charge in [-0.2, -0.15) is 5.10 Å². The fraction of sp³-hybridized carbons (Fsp3) is 0.450. The molecule has 8 heteroatoms. The number of rotatable bonds is 2. The Labute approximate surface area is 173 Å². The maximum atomic E-state index is 6.35. The quantitative estimate of drug-likeness (QED) is 0.613. The zero-order valence-electron chi connectivity index (χ0n) is 15.6. The Morgan fingerprint density at radius 3 is 2.75 bits per heavy atom. The summed E-state index contributed by atoms with van der Waals surface area (Å²) in [5, 5.41) is 5.37. The maximum absolute atomic E-state index is 6.35. The highest BCUT2D eigenvalue weighted by molar-refractivity contribution is 6.43. The number of hydrogen-bond acceptors (Lipinski definition) is 5. The molecule has 28 heavy (non-hydrogen) atoms. The van der Waals surface area contributed by atoms with Crippen LogP contribution in [0.3, 0.4) is 0 Å². The first-order valence-corrected chi connectivity index (χ1v) is 10.3. The summed E-state index contributed by atoms with van der Waals surface area (Å²) in [5.41, 5.74) is 2.45. The summed E-state index contributed by atoms with van der Waals surface area (Å²) >= 11 is 12.5. The van der Waals surface area contributed by atoms with Crippen LogP contribution in [0.15, 0.2) is 30.6 Å². The van der Waals surface area contributed by atoms with Gasteiger partial charge >= 0.3 is 0 Å². The minimum Gasteiger partial charge on any atom is -0.378 e. The Balaban J connectivity index is 1.40. The zero-order valence-corrected chi connectivity index (χ0v) is 17.1. The van der Waals surface area contributed by atoms with Crippen molar-refractivity contribution in [2.24, 2.45) is 5.41 Å². The lowest BCUT2D eigenvalue weighted by Gasteiger charge is -2.38. The summed E-state index contributed by atoms with van der Waals surface area (Å²) in [6.07, 6.45) is 7.36. The standard InChI is InChI=1S/C20H21Cl2N5O/c1-13-9-20(12-28-13)5-7-26(8-6-20)17-11-23-19-15(25-17)10-24-27(19)16-4-2-3-14(21)18(16)22/h2-4,10-11,13H,5-9,12H2,1H3/t13-/m0/s1. The van der Waals surface area contributed by atoms with Crippen LogP contribution in [0.4, 0.5) is 5.82 Å². The minimum absolute atomic E-state index is 0.349. The van der Waals surface area contributed by atoms with Gasteiger partial charge in [0.05, 0.1) is 40.8 Å². The number of aromatic nitrogens is 4. The van der Waals surface area contributed by atoms with Gasteiger partial charge in [-0.1, -0.05) is 29.3 Å². The summed E-state index contributed by atoms with van der Waals surface area (Å²) in [6.45, 7) is 5.01. The Morgan fingerprint density at radius 1 is 1.18 bits per heavy atom. The molecule has 6 nitrogen and oxygen atoms in total. The molecule has 2 aliphatic heterocycles. The SMILES string of the molecule is C[C@H]1CC2(CCN(c3cnc4c(cnn4-c4cccc(Cl)c4Cl)n3)CC2)CO1. The Morgan fingerprint density at radius 2 is 2.00 bits per heavy atom. The van der Waals surface area contributed by atoms with Crippen molar-refractivity contribution < 1.29 is 4.74 Å². The van der Waals surface area contributed by atoms with Gasteiger partial charge in [0.1, 0.15) is 11.3 Å². The van der Waals surface area contributed by atoms with Crippen molar-refractivity contribution >= 4 is 40.2 Å². The lowest BCUT2D eigenvalue weighted by Crippen LogP contribution is -2.41. The van der Waals surface area contributed by atoms with E-state index in [2.05, 4.69) is 21.9 Å². The molecule has 0 unspecified atom stereocenters. The van der Waals surface area contributed by atoms with E-state index >= 15 is 0 Å². The molecule has 1 atom stereocenters. The molecule has 3 aromatic rings. The molecule has 0 bridgehead atoms. The fourth-order valence-corrected chi connectivity index (χ4v) is 4.77. The largest absolute Gasteiger partial charge is 0.378 e. The molecular formula is C20H21Cl2N5O. The molecule has 1 aromatic carbocycles. The third-order valence-electron chi connectivity index (χ3n) is 5.96. The van der Waals surface area contributed by atoms with Gasteiger partial charge in [0.15, 0.2) is 5.65 Å². The number of piperidine rings is 1. The van der Waals surface area contributed by atoms with Crippen molar-refractivity contribution in [1.29, 1.82) is 0 Å². The van der Waals surface area contributed by atoms with E-state index in [1.54, 1.807) is 16.9 Å². The van der Waals surface area contributed by atoms with E-state index in [0.717, 1.165) is 43.9 Å². The fourth-order valence-electron chi connectivity index (χ4n) is 4.39. The average Bonchev–Trinajstić information content (AvgIpc) is 3.28. The zero-order chi connectivity index (χ0) is 19.3. The van der Waals surface area contributed by atoms with E-state index in [9.17, 15) is 0 Å². The molecular weight excluding hydrogens is 397 g/mol. The van der Waals surface area contributed by atoms with Crippen molar-refractivity contribution in [1.82, 2.24) is 19.7 Å².